The van der Waals surface area contributed by atoms with E-state index in [9.17, 15) is 0 Å². The quantitative estimate of drug-likeness (QED) is 0.318. The summed E-state index contributed by atoms with van der Waals surface area (Å²) in [5.74, 6) is 0. The predicted molar refractivity (Wildman–Crippen MR) is 42.4 cm³/mol. The van der Waals surface area contributed by atoms with E-state index in [-0.39, 0.29) is 6.73 Å². The summed E-state index contributed by atoms with van der Waals surface area (Å²) >= 11 is 0.868. The Hall–Kier alpha value is 0.580. The van der Waals surface area contributed by atoms with Crippen LogP contribution in [0.2, 0.25) is 0 Å². The van der Waals surface area contributed by atoms with Gasteiger partial charge in [0.05, 0.1) is 0 Å². The summed E-state index contributed by atoms with van der Waals surface area (Å²) in [6.07, 6.45) is 1.58. The monoisotopic (exact) mass is 189 g/mol. The van der Waals surface area contributed by atoms with Crippen molar-refractivity contribution in [3.63, 3.8) is 0 Å². The van der Waals surface area contributed by atoms with Gasteiger partial charge in [-0.15, -0.1) is 0 Å². The zero-order valence-corrected chi connectivity index (χ0v) is 7.64. The second-order valence-corrected chi connectivity index (χ2v) is 3.83. The van der Waals surface area contributed by atoms with Gasteiger partial charge in [0.1, 0.15) is 0 Å². The molecule has 0 heterocycles. The van der Waals surface area contributed by atoms with Crippen molar-refractivity contribution in [1.29, 1.82) is 0 Å². The van der Waals surface area contributed by atoms with Gasteiger partial charge in [-0.05, 0) is 0 Å². The van der Waals surface area contributed by atoms with Gasteiger partial charge in [0.15, 0.2) is 0 Å². The Bertz CT molecular complexity index is 92.6. The Balaban J connectivity index is 3.42. The zero-order chi connectivity index (χ0) is 8.04. The molecule has 0 aromatic carbocycles. The molecule has 0 aromatic rings. The summed E-state index contributed by atoms with van der Waals surface area (Å²) in [6, 6.07) is 0. The molecule has 0 aliphatic carbocycles. The number of hydrogen-bond donors (Lipinski definition) is 3. The normalized spacial score (nSPS) is 13.6. The van der Waals surface area contributed by atoms with Crippen LogP contribution in [0.15, 0.2) is 0 Å². The van der Waals surface area contributed by atoms with Crippen LogP contribution in [0.4, 0.5) is 0 Å². The third-order valence-electron chi connectivity index (χ3n) is 0.596. The molecule has 3 N–H and O–H groups in total. The number of nitrogens with one attached hydrogen (secondary N) is 1. The van der Waals surface area contributed by atoms with Crippen molar-refractivity contribution in [3.05, 3.63) is 0 Å². The molecule has 0 unspecified atom stereocenters. The van der Waals surface area contributed by atoms with E-state index in [1.165, 1.54) is 0 Å². The number of rotatable bonds is 5. The minimum absolute atomic E-state index is 0.0692. The molecule has 0 aliphatic rings. The van der Waals surface area contributed by atoms with Crippen LogP contribution >= 0.6 is 20.2 Å². The standard InChI is InChI=1S/C3H12NO4PS/c1-4-3-7-9(5,6)8-10-2/h4-6,9H,3H2,1-2H3. The molecule has 5 nitrogen and oxygen atoms in total. The van der Waals surface area contributed by atoms with E-state index in [2.05, 4.69) is 13.8 Å². The Labute approximate surface area is 64.6 Å². The van der Waals surface area contributed by atoms with Crippen LogP contribution in [0, 0.1) is 0 Å². The van der Waals surface area contributed by atoms with Gasteiger partial charge in [-0.25, -0.2) is 0 Å². The number of hydrogen-bond acceptors (Lipinski definition) is 6. The van der Waals surface area contributed by atoms with Gasteiger partial charge in [0.25, 0.3) is 0 Å². The van der Waals surface area contributed by atoms with E-state index in [0.29, 0.717) is 0 Å². The van der Waals surface area contributed by atoms with Gasteiger partial charge in [-0.3, -0.25) is 0 Å². The van der Waals surface area contributed by atoms with Gasteiger partial charge >= 0.3 is 63.8 Å². The van der Waals surface area contributed by atoms with Crippen molar-refractivity contribution < 1.29 is 18.3 Å². The van der Waals surface area contributed by atoms with Crippen LogP contribution in [0.25, 0.3) is 0 Å². The fourth-order valence-corrected chi connectivity index (χ4v) is 1.69. The Kier molecular flexibility index (Phi) is 5.56. The van der Waals surface area contributed by atoms with Crippen molar-refractivity contribution in [2.45, 2.75) is 0 Å². The first-order valence-corrected chi connectivity index (χ1v) is 5.43. The average Bonchev–Trinajstić information content (AvgIpc) is 1.84. The molecule has 0 amide bonds. The van der Waals surface area contributed by atoms with Crippen LogP contribution in [-0.2, 0) is 8.49 Å². The molecule has 0 bridgehead atoms. The summed E-state index contributed by atoms with van der Waals surface area (Å²) in [5.41, 5.74) is 0. The van der Waals surface area contributed by atoms with E-state index in [4.69, 9.17) is 9.79 Å². The Morgan fingerprint density at radius 3 is 2.60 bits per heavy atom. The van der Waals surface area contributed by atoms with Gasteiger partial charge in [0.2, 0.25) is 0 Å². The molecule has 0 atom stereocenters. The van der Waals surface area contributed by atoms with E-state index in [1.54, 1.807) is 13.3 Å². The molecule has 64 valence electrons. The molecule has 0 aromatic heterocycles. The topological polar surface area (TPSA) is 71.0 Å². The van der Waals surface area contributed by atoms with Crippen LogP contribution in [0.3, 0.4) is 0 Å². The maximum atomic E-state index is 8.83. The molecule has 7 heteroatoms. The third kappa shape index (κ3) is 5.37. The molecule has 0 saturated carbocycles. The van der Waals surface area contributed by atoms with Gasteiger partial charge in [0, 0.05) is 0 Å². The fraction of sp³-hybridized carbons (Fsp3) is 1.00. The van der Waals surface area contributed by atoms with E-state index in [0.717, 1.165) is 12.0 Å². The van der Waals surface area contributed by atoms with Crippen LogP contribution in [-0.4, -0.2) is 29.8 Å². The van der Waals surface area contributed by atoms with Crippen molar-refractivity contribution >= 4 is 20.2 Å². The van der Waals surface area contributed by atoms with E-state index in [1.807, 2.05) is 0 Å². The molecular formula is C3H12NO4PS. The van der Waals surface area contributed by atoms with Crippen LogP contribution < -0.4 is 5.32 Å². The fourth-order valence-electron chi connectivity index (χ4n) is 0.299. The van der Waals surface area contributed by atoms with Crippen molar-refractivity contribution in [2.24, 2.45) is 0 Å². The summed E-state index contributed by atoms with van der Waals surface area (Å²) in [6.45, 7) is 0.0692. The molecule has 0 radical (unpaired) electrons. The molecule has 0 fully saturated rings. The zero-order valence-electron chi connectivity index (χ0n) is 5.83. The maximum absolute atomic E-state index is 8.83. The summed E-state index contributed by atoms with van der Waals surface area (Å²) in [7, 11) is -2.20. The second-order valence-electron chi connectivity index (χ2n) is 1.44. The molecule has 0 saturated heterocycles. The molecular weight excluding hydrogens is 177 g/mol. The molecule has 0 spiro atoms. The first kappa shape index (κ1) is 10.6. The Morgan fingerprint density at radius 1 is 1.60 bits per heavy atom. The minimum atomic E-state index is -3.82. The van der Waals surface area contributed by atoms with Crippen molar-refractivity contribution in [1.82, 2.24) is 5.32 Å². The van der Waals surface area contributed by atoms with E-state index >= 15 is 0 Å². The van der Waals surface area contributed by atoms with Crippen LogP contribution in [0.5, 0.6) is 0 Å². The van der Waals surface area contributed by atoms with Gasteiger partial charge in [-0.1, -0.05) is 0 Å². The summed E-state index contributed by atoms with van der Waals surface area (Å²) < 4.78 is 8.95. The van der Waals surface area contributed by atoms with E-state index < -0.39 is 8.17 Å². The SMILES string of the molecule is CNCO[PH](O)(O)OSC. The second kappa shape index (κ2) is 5.26. The predicted octanol–water partition coefficient (Wildman–Crippen LogP) is -0.131. The van der Waals surface area contributed by atoms with Crippen molar-refractivity contribution in [2.75, 3.05) is 20.0 Å². The summed E-state index contributed by atoms with van der Waals surface area (Å²) in [4.78, 5) is 17.7. The first-order valence-electron chi connectivity index (χ1n) is 2.57. The Morgan fingerprint density at radius 2 is 2.20 bits per heavy atom. The van der Waals surface area contributed by atoms with Gasteiger partial charge < -0.3 is 0 Å². The first-order chi connectivity index (χ1) is 4.62. The van der Waals surface area contributed by atoms with Gasteiger partial charge in [-0.2, -0.15) is 0 Å². The average molecular weight is 189 g/mol. The van der Waals surface area contributed by atoms with Crippen molar-refractivity contribution in [3.8, 4) is 0 Å². The molecule has 0 rings (SSSR count). The molecule has 0 aliphatic heterocycles. The summed E-state index contributed by atoms with van der Waals surface area (Å²) in [5, 5.41) is 2.59. The van der Waals surface area contributed by atoms with Crippen LogP contribution in [0.1, 0.15) is 0 Å². The molecule has 10 heavy (non-hydrogen) atoms. The third-order valence-corrected chi connectivity index (χ3v) is 2.65.